The molecule has 0 unspecified atom stereocenters. The van der Waals surface area contributed by atoms with Crippen LogP contribution < -0.4 is 0 Å². The predicted molar refractivity (Wildman–Crippen MR) is 106 cm³/mol. The highest BCUT2D eigenvalue weighted by Gasteiger charge is 2.64. The third-order valence-electron chi connectivity index (χ3n) is 9.13. The molecule has 0 aromatic rings. The number of rotatable bonds is 2. The van der Waals surface area contributed by atoms with Crippen molar-refractivity contribution in [2.45, 2.75) is 90.8 Å². The number of hydrogen-bond acceptors (Lipinski definition) is 4. The maximum Gasteiger partial charge on any atom is 0.304 e. The molecular weight excluding hydrogens is 352 g/mol. The van der Waals surface area contributed by atoms with Crippen LogP contribution in [0.1, 0.15) is 79.1 Å². The smallest absolute Gasteiger partial charge is 0.304 e. The van der Waals surface area contributed by atoms with Crippen molar-refractivity contribution in [1.82, 2.24) is 0 Å². The number of ether oxygens (including phenoxy) is 2. The molecule has 8 atom stereocenters. The Labute approximate surface area is 169 Å². The molecule has 0 aromatic carbocycles. The van der Waals surface area contributed by atoms with E-state index in [1.54, 1.807) is 0 Å². The van der Waals surface area contributed by atoms with Crippen molar-refractivity contribution in [2.24, 2.45) is 34.5 Å². The zero-order valence-corrected chi connectivity index (χ0v) is 17.8. The van der Waals surface area contributed by atoms with Crippen LogP contribution in [0.2, 0.25) is 0 Å². The summed E-state index contributed by atoms with van der Waals surface area (Å²) in [4.78, 5) is 23.3. The van der Waals surface area contributed by atoms with Crippen LogP contribution in [0.5, 0.6) is 0 Å². The molecule has 4 nitrogen and oxygen atoms in total. The van der Waals surface area contributed by atoms with Gasteiger partial charge in [-0.3, -0.25) is 9.59 Å². The summed E-state index contributed by atoms with van der Waals surface area (Å²) in [7, 11) is 0. The SMILES string of the molecule is C#C[C@@]1(OC(C)=O)C[C@@H]2CC[C@@H]3[C@H](CC[C@]4(C)[C@@H](OC(C)=O)CC[C@@H]34)[C@@]2(C)C1. The maximum atomic E-state index is 11.7. The Morgan fingerprint density at radius 1 is 0.964 bits per heavy atom. The monoisotopic (exact) mass is 386 g/mol. The van der Waals surface area contributed by atoms with Crippen LogP contribution in [-0.2, 0) is 19.1 Å². The van der Waals surface area contributed by atoms with Gasteiger partial charge in [0.05, 0.1) is 0 Å². The van der Waals surface area contributed by atoms with Gasteiger partial charge in [0.2, 0.25) is 0 Å². The Morgan fingerprint density at radius 2 is 1.68 bits per heavy atom. The molecular formula is C24H34O4. The number of carbonyl (C=O) groups excluding carboxylic acids is 2. The van der Waals surface area contributed by atoms with Gasteiger partial charge in [-0.15, -0.1) is 6.42 Å². The second-order valence-corrected chi connectivity index (χ2v) is 10.5. The van der Waals surface area contributed by atoms with Crippen LogP contribution in [0.15, 0.2) is 0 Å². The number of carbonyl (C=O) groups is 2. The van der Waals surface area contributed by atoms with Gasteiger partial charge in [-0.25, -0.2) is 0 Å². The molecule has 0 heterocycles. The fraction of sp³-hybridized carbons (Fsp3) is 0.833. The average Bonchev–Trinajstić information content (AvgIpc) is 3.08. The minimum atomic E-state index is -0.725. The first-order valence-electron chi connectivity index (χ1n) is 11.0. The van der Waals surface area contributed by atoms with Crippen LogP contribution in [0.4, 0.5) is 0 Å². The van der Waals surface area contributed by atoms with Gasteiger partial charge in [0.1, 0.15) is 6.10 Å². The molecule has 0 N–H and O–H groups in total. The summed E-state index contributed by atoms with van der Waals surface area (Å²) in [6.07, 6.45) is 14.3. The summed E-state index contributed by atoms with van der Waals surface area (Å²) in [6, 6.07) is 0. The van der Waals surface area contributed by atoms with Gasteiger partial charge in [0.15, 0.2) is 5.60 Å². The first-order chi connectivity index (χ1) is 13.1. The van der Waals surface area contributed by atoms with Gasteiger partial charge in [-0.2, -0.15) is 0 Å². The average molecular weight is 387 g/mol. The number of hydrogen-bond donors (Lipinski definition) is 0. The highest BCUT2D eigenvalue weighted by molar-refractivity contribution is 5.67. The van der Waals surface area contributed by atoms with E-state index in [0.29, 0.717) is 23.7 Å². The van der Waals surface area contributed by atoms with E-state index in [1.165, 1.54) is 20.3 Å². The Morgan fingerprint density at radius 3 is 2.32 bits per heavy atom. The third kappa shape index (κ3) is 2.80. The fourth-order valence-corrected chi connectivity index (χ4v) is 8.07. The van der Waals surface area contributed by atoms with E-state index < -0.39 is 5.60 Å². The van der Waals surface area contributed by atoms with Gasteiger partial charge in [-0.05, 0) is 67.6 Å². The van der Waals surface area contributed by atoms with Crippen molar-refractivity contribution in [3.8, 4) is 12.3 Å². The van der Waals surface area contributed by atoms with Crippen molar-refractivity contribution in [3.63, 3.8) is 0 Å². The first-order valence-corrected chi connectivity index (χ1v) is 11.0. The highest BCUT2D eigenvalue weighted by atomic mass is 16.6. The molecule has 0 saturated heterocycles. The van der Waals surface area contributed by atoms with Crippen molar-refractivity contribution in [1.29, 1.82) is 0 Å². The van der Waals surface area contributed by atoms with E-state index in [9.17, 15) is 9.59 Å². The second kappa shape index (κ2) is 6.51. The third-order valence-corrected chi connectivity index (χ3v) is 9.13. The lowest BCUT2D eigenvalue weighted by Crippen LogP contribution is -2.51. The predicted octanol–water partition coefficient (Wildman–Crippen LogP) is 4.51. The summed E-state index contributed by atoms with van der Waals surface area (Å²) in [6.45, 7) is 7.74. The lowest BCUT2D eigenvalue weighted by Gasteiger charge is -2.57. The van der Waals surface area contributed by atoms with Crippen LogP contribution >= 0.6 is 0 Å². The fourth-order valence-electron chi connectivity index (χ4n) is 8.07. The van der Waals surface area contributed by atoms with Gasteiger partial charge in [0.25, 0.3) is 0 Å². The normalized spacial score (nSPS) is 49.3. The molecule has 0 aliphatic heterocycles. The number of terminal acetylenes is 1. The van der Waals surface area contributed by atoms with Gasteiger partial charge >= 0.3 is 11.9 Å². The largest absolute Gasteiger partial charge is 0.462 e. The molecule has 154 valence electrons. The van der Waals surface area contributed by atoms with Crippen molar-refractivity contribution in [3.05, 3.63) is 0 Å². The van der Waals surface area contributed by atoms with Crippen molar-refractivity contribution in [2.75, 3.05) is 0 Å². The molecule has 0 amide bonds. The first kappa shape index (κ1) is 19.8. The minimum Gasteiger partial charge on any atom is -0.462 e. The molecule has 4 fully saturated rings. The zero-order chi connectivity index (χ0) is 20.3. The molecule has 28 heavy (non-hydrogen) atoms. The van der Waals surface area contributed by atoms with Gasteiger partial charge in [0, 0.05) is 32.1 Å². The van der Waals surface area contributed by atoms with Gasteiger partial charge in [-0.1, -0.05) is 19.8 Å². The molecule has 4 aliphatic carbocycles. The Balaban J connectivity index is 1.59. The standard InChI is InChI=1S/C24H34O4/c1-6-24(28-16(3)26)13-17-7-8-18-19-9-10-21(27-15(2)25)22(19,4)12-11-20(18)23(17,5)14-24/h1,17-21H,7-14H2,2-5H3/t17-,18-,19-,20-,21-,22-,23-,24+/m0/s1. The topological polar surface area (TPSA) is 52.6 Å². The van der Waals surface area contributed by atoms with Crippen LogP contribution in [0.3, 0.4) is 0 Å². The molecule has 0 bridgehead atoms. The van der Waals surface area contributed by atoms with Crippen molar-refractivity contribution >= 4 is 11.9 Å². The Bertz CT molecular complexity index is 723. The molecule has 0 radical (unpaired) electrons. The Hall–Kier alpha value is -1.50. The van der Waals surface area contributed by atoms with Crippen LogP contribution in [-0.4, -0.2) is 23.6 Å². The summed E-state index contributed by atoms with van der Waals surface area (Å²) in [5.74, 6) is 4.86. The molecule has 4 rings (SSSR count). The quantitative estimate of drug-likeness (QED) is 0.518. The summed E-state index contributed by atoms with van der Waals surface area (Å²) in [5, 5.41) is 0. The molecule has 4 saturated carbocycles. The van der Waals surface area contributed by atoms with E-state index >= 15 is 0 Å². The molecule has 0 spiro atoms. The number of esters is 2. The maximum absolute atomic E-state index is 11.7. The summed E-state index contributed by atoms with van der Waals surface area (Å²) in [5.41, 5.74) is -0.490. The Kier molecular flexibility index (Phi) is 4.60. The second-order valence-electron chi connectivity index (χ2n) is 10.5. The van der Waals surface area contributed by atoms with Crippen LogP contribution in [0, 0.1) is 46.8 Å². The van der Waals surface area contributed by atoms with E-state index in [-0.39, 0.29) is 28.9 Å². The molecule has 4 aliphatic rings. The molecule has 4 heteroatoms. The van der Waals surface area contributed by atoms with E-state index in [4.69, 9.17) is 15.9 Å². The van der Waals surface area contributed by atoms with E-state index in [0.717, 1.165) is 44.9 Å². The van der Waals surface area contributed by atoms with Crippen molar-refractivity contribution < 1.29 is 19.1 Å². The summed E-state index contributed by atoms with van der Waals surface area (Å²) >= 11 is 0. The van der Waals surface area contributed by atoms with Gasteiger partial charge < -0.3 is 9.47 Å². The van der Waals surface area contributed by atoms with E-state index in [1.807, 2.05) is 0 Å². The van der Waals surface area contributed by atoms with Crippen LogP contribution in [0.25, 0.3) is 0 Å². The minimum absolute atomic E-state index is 0.0657. The molecule has 0 aromatic heterocycles. The highest BCUT2D eigenvalue weighted by Crippen LogP contribution is 2.68. The number of fused-ring (bicyclic) bond motifs is 5. The lowest BCUT2D eigenvalue weighted by molar-refractivity contribution is -0.160. The van der Waals surface area contributed by atoms with E-state index in [2.05, 4.69) is 19.8 Å². The zero-order valence-electron chi connectivity index (χ0n) is 17.8. The summed E-state index contributed by atoms with van der Waals surface area (Å²) < 4.78 is 11.5. The lowest BCUT2D eigenvalue weighted by atomic mass is 9.48.